The molecule has 10 nitrogen and oxygen atoms in total. The van der Waals surface area contributed by atoms with Gasteiger partial charge < -0.3 is 14.8 Å². The lowest BCUT2D eigenvalue weighted by Gasteiger charge is -2.12. The van der Waals surface area contributed by atoms with Crippen LogP contribution in [0.5, 0.6) is 11.5 Å². The van der Waals surface area contributed by atoms with Gasteiger partial charge in [-0.05, 0) is 43.3 Å². The lowest BCUT2D eigenvalue weighted by atomic mass is 10.2. The molecule has 2 aromatic heterocycles. The molecule has 0 atom stereocenters. The highest BCUT2D eigenvalue weighted by Gasteiger charge is 2.19. The van der Waals surface area contributed by atoms with Gasteiger partial charge in [-0.25, -0.2) is 28.2 Å². The third-order valence-corrected chi connectivity index (χ3v) is 6.20. The van der Waals surface area contributed by atoms with E-state index in [0.29, 0.717) is 33.4 Å². The second kappa shape index (κ2) is 8.48. The number of hydrogen-bond donors (Lipinski definition) is 1. The second-order valence-corrected chi connectivity index (χ2v) is 9.46. The molecule has 0 spiro atoms. The Morgan fingerprint density at radius 1 is 1.12 bits per heavy atom. The zero-order chi connectivity index (χ0) is 22.9. The van der Waals surface area contributed by atoms with Crippen molar-refractivity contribution in [2.24, 2.45) is 0 Å². The normalized spacial score (nSPS) is 11.3. The van der Waals surface area contributed by atoms with Gasteiger partial charge in [0.15, 0.2) is 9.84 Å². The minimum atomic E-state index is -3.52. The van der Waals surface area contributed by atoms with Crippen molar-refractivity contribution in [2.75, 3.05) is 18.7 Å². The van der Waals surface area contributed by atoms with Crippen LogP contribution in [0.4, 0.5) is 10.9 Å². The van der Waals surface area contributed by atoms with Gasteiger partial charge in [-0.2, -0.15) is 4.37 Å². The number of aromatic nitrogens is 4. The summed E-state index contributed by atoms with van der Waals surface area (Å²) in [5.41, 5.74) is 0.652. The van der Waals surface area contributed by atoms with Crippen LogP contribution in [-0.2, 0) is 14.6 Å². The molecule has 0 amide bonds. The zero-order valence-corrected chi connectivity index (χ0v) is 18.8. The molecule has 2 heterocycles. The third-order valence-electron chi connectivity index (χ3n) is 4.37. The number of fused-ring (bicyclic) bond motifs is 1. The molecular formula is C20H17N5O5S2. The molecule has 164 valence electrons. The predicted octanol–water partition coefficient (Wildman–Crippen LogP) is 3.52. The summed E-state index contributed by atoms with van der Waals surface area (Å²) in [4.78, 5) is 25.0. The van der Waals surface area contributed by atoms with E-state index >= 15 is 0 Å². The first-order valence-corrected chi connectivity index (χ1v) is 11.8. The zero-order valence-electron chi connectivity index (χ0n) is 17.2. The number of methoxy groups -OCH3 is 1. The summed E-state index contributed by atoms with van der Waals surface area (Å²) in [5.74, 6) is 0.976. The fourth-order valence-electron chi connectivity index (χ4n) is 2.87. The molecule has 4 aromatic rings. The third kappa shape index (κ3) is 4.50. The van der Waals surface area contributed by atoms with Crippen molar-refractivity contribution >= 4 is 49.2 Å². The summed E-state index contributed by atoms with van der Waals surface area (Å²) in [7, 11) is -2.31. The van der Waals surface area contributed by atoms with Crippen LogP contribution >= 0.6 is 11.5 Å². The van der Waals surface area contributed by atoms with Gasteiger partial charge in [0.05, 0.1) is 17.5 Å². The van der Waals surface area contributed by atoms with Crippen LogP contribution in [-0.4, -0.2) is 47.1 Å². The molecule has 0 aliphatic carbocycles. The van der Waals surface area contributed by atoms with E-state index in [9.17, 15) is 13.2 Å². The van der Waals surface area contributed by atoms with Gasteiger partial charge in [-0.3, -0.25) is 0 Å². The monoisotopic (exact) mass is 471 g/mol. The molecular weight excluding hydrogens is 454 g/mol. The van der Waals surface area contributed by atoms with Crippen molar-refractivity contribution in [1.29, 1.82) is 0 Å². The topological polar surface area (TPSA) is 133 Å². The van der Waals surface area contributed by atoms with E-state index in [1.165, 1.54) is 43.2 Å². The first kappa shape index (κ1) is 21.6. The summed E-state index contributed by atoms with van der Waals surface area (Å²) < 4.78 is 38.6. The minimum absolute atomic E-state index is 0.0116. The van der Waals surface area contributed by atoms with Crippen molar-refractivity contribution < 1.29 is 22.7 Å². The van der Waals surface area contributed by atoms with Gasteiger partial charge in [-0.1, -0.05) is 0 Å². The first-order chi connectivity index (χ1) is 15.2. The number of carbonyl (C=O) groups is 1. The summed E-state index contributed by atoms with van der Waals surface area (Å²) in [5, 5.41) is 4.36. The number of benzene rings is 2. The smallest absolute Gasteiger partial charge is 0.341 e. The standard InChI is InChI=1S/C20H17N5O5S2/c1-11-23-20(31-25-11)24-18-14-8-12(4-6-16(14)21-10-22-18)30-17-7-5-13(32(3,27)28)9-15(17)19(26)29-2/h4-10H,1-3H3,(H,21,22,23,24,25). The van der Waals surface area contributed by atoms with Crippen molar-refractivity contribution in [3.8, 4) is 11.5 Å². The van der Waals surface area contributed by atoms with Gasteiger partial charge in [0.1, 0.15) is 35.0 Å². The lowest BCUT2D eigenvalue weighted by Crippen LogP contribution is -2.06. The molecule has 0 aliphatic rings. The molecule has 0 saturated heterocycles. The summed E-state index contributed by atoms with van der Waals surface area (Å²) in [6.45, 7) is 1.79. The predicted molar refractivity (Wildman–Crippen MR) is 118 cm³/mol. The van der Waals surface area contributed by atoms with Gasteiger partial charge >= 0.3 is 5.97 Å². The van der Waals surface area contributed by atoms with E-state index < -0.39 is 15.8 Å². The summed E-state index contributed by atoms with van der Waals surface area (Å²) in [6.07, 6.45) is 2.49. The second-order valence-electron chi connectivity index (χ2n) is 6.70. The number of nitrogens with zero attached hydrogens (tertiary/aromatic N) is 4. The quantitative estimate of drug-likeness (QED) is 0.416. The van der Waals surface area contributed by atoms with Crippen LogP contribution in [0.3, 0.4) is 0 Å². The van der Waals surface area contributed by atoms with Crippen molar-refractivity contribution in [1.82, 2.24) is 19.3 Å². The maximum absolute atomic E-state index is 12.2. The molecule has 0 aliphatic heterocycles. The Labute approximate surface area is 187 Å². The van der Waals surface area contributed by atoms with Crippen molar-refractivity contribution in [3.05, 3.63) is 54.1 Å². The number of sulfone groups is 1. The molecule has 0 bridgehead atoms. The Balaban J connectivity index is 1.73. The highest BCUT2D eigenvalue weighted by molar-refractivity contribution is 7.90. The van der Waals surface area contributed by atoms with Crippen LogP contribution in [0.15, 0.2) is 47.6 Å². The average molecular weight is 472 g/mol. The molecule has 1 N–H and O–H groups in total. The van der Waals surface area contributed by atoms with Crippen LogP contribution in [0.2, 0.25) is 0 Å². The van der Waals surface area contributed by atoms with E-state index in [4.69, 9.17) is 9.47 Å². The number of nitrogens with one attached hydrogen (secondary N) is 1. The SMILES string of the molecule is COC(=O)c1cc(S(C)(=O)=O)ccc1Oc1ccc2ncnc(Nc3nc(C)ns3)c2c1. The maximum atomic E-state index is 12.2. The van der Waals surface area contributed by atoms with Gasteiger partial charge in [0, 0.05) is 23.2 Å². The molecule has 0 saturated carbocycles. The first-order valence-electron chi connectivity index (χ1n) is 9.17. The van der Waals surface area contributed by atoms with E-state index in [0.717, 1.165) is 6.26 Å². The Morgan fingerprint density at radius 3 is 2.62 bits per heavy atom. The average Bonchev–Trinajstić information content (AvgIpc) is 3.17. The summed E-state index contributed by atoms with van der Waals surface area (Å²) in [6, 6.07) is 9.14. The fourth-order valence-corrected chi connectivity index (χ4v) is 4.09. The molecule has 12 heteroatoms. The highest BCUT2D eigenvalue weighted by Crippen LogP contribution is 2.32. The number of aryl methyl sites for hydroxylation is 1. The summed E-state index contributed by atoms with van der Waals surface area (Å²) >= 11 is 1.21. The molecule has 0 fully saturated rings. The number of anilines is 2. The van der Waals surface area contributed by atoms with Gasteiger partial charge in [-0.15, -0.1) is 0 Å². The Hall–Kier alpha value is -3.64. The van der Waals surface area contributed by atoms with Crippen LogP contribution in [0.25, 0.3) is 10.9 Å². The Kier molecular flexibility index (Phi) is 5.72. The number of esters is 1. The van der Waals surface area contributed by atoms with Crippen LogP contribution in [0.1, 0.15) is 16.2 Å². The lowest BCUT2D eigenvalue weighted by molar-refractivity contribution is 0.0597. The largest absolute Gasteiger partial charge is 0.465 e. The maximum Gasteiger partial charge on any atom is 0.341 e. The molecule has 0 unspecified atom stereocenters. The van der Waals surface area contributed by atoms with Crippen LogP contribution in [0, 0.1) is 6.92 Å². The number of rotatable bonds is 6. The van der Waals surface area contributed by atoms with Gasteiger partial charge in [0.25, 0.3) is 0 Å². The number of carbonyl (C=O) groups excluding carboxylic acids is 1. The van der Waals surface area contributed by atoms with E-state index in [1.54, 1.807) is 25.1 Å². The highest BCUT2D eigenvalue weighted by atomic mass is 32.2. The van der Waals surface area contributed by atoms with E-state index in [-0.39, 0.29) is 16.2 Å². The van der Waals surface area contributed by atoms with Crippen molar-refractivity contribution in [2.45, 2.75) is 11.8 Å². The fraction of sp³-hybridized carbons (Fsp3) is 0.150. The number of hydrogen-bond acceptors (Lipinski definition) is 11. The van der Waals surface area contributed by atoms with Gasteiger partial charge in [0.2, 0.25) is 5.13 Å². The van der Waals surface area contributed by atoms with Crippen molar-refractivity contribution in [3.63, 3.8) is 0 Å². The molecule has 2 aromatic carbocycles. The Morgan fingerprint density at radius 2 is 1.94 bits per heavy atom. The molecule has 0 radical (unpaired) electrons. The number of ether oxygens (including phenoxy) is 2. The van der Waals surface area contributed by atoms with Crippen LogP contribution < -0.4 is 10.1 Å². The Bertz CT molecular complexity index is 1440. The minimum Gasteiger partial charge on any atom is -0.465 e. The van der Waals surface area contributed by atoms with E-state index in [1.807, 2.05) is 0 Å². The van der Waals surface area contributed by atoms with E-state index in [2.05, 4.69) is 24.6 Å². The molecule has 4 rings (SSSR count). The molecule has 32 heavy (non-hydrogen) atoms.